The molecule has 1 saturated heterocycles. The second kappa shape index (κ2) is 5.04. The van der Waals surface area contributed by atoms with E-state index in [0.29, 0.717) is 17.7 Å². The van der Waals surface area contributed by atoms with E-state index in [1.54, 1.807) is 6.07 Å². The monoisotopic (exact) mass is 299 g/mol. The Balaban J connectivity index is 1.89. The van der Waals surface area contributed by atoms with Crippen molar-refractivity contribution < 1.29 is 5.11 Å². The fraction of sp³-hybridized carbons (Fsp3) is 0.333. The molecule has 1 aliphatic heterocycles. The van der Waals surface area contributed by atoms with E-state index in [0.717, 1.165) is 11.6 Å². The average Bonchev–Trinajstić information content (AvgIpc) is 2.81. The van der Waals surface area contributed by atoms with E-state index in [4.69, 9.17) is 11.6 Å². The minimum Gasteiger partial charge on any atom is -0.508 e. The molecule has 2 aromatic carbocycles. The number of aromatic hydroxyl groups is 1. The maximum atomic E-state index is 9.91. The van der Waals surface area contributed by atoms with Crippen LogP contribution in [-0.4, -0.2) is 11.7 Å². The minimum atomic E-state index is 0.276. The van der Waals surface area contributed by atoms with Gasteiger partial charge in [0.15, 0.2) is 0 Å². The van der Waals surface area contributed by atoms with Gasteiger partial charge in [0.25, 0.3) is 0 Å². The van der Waals surface area contributed by atoms with E-state index in [2.05, 4.69) is 17.4 Å². The fourth-order valence-corrected chi connectivity index (χ4v) is 4.34. The maximum absolute atomic E-state index is 9.91. The summed E-state index contributed by atoms with van der Waals surface area (Å²) >= 11 is 6.46. The Hall–Kier alpha value is -1.51. The summed E-state index contributed by atoms with van der Waals surface area (Å²) in [5.41, 5.74) is 3.73. The topological polar surface area (TPSA) is 32.3 Å². The summed E-state index contributed by atoms with van der Waals surface area (Å²) < 4.78 is 0. The summed E-state index contributed by atoms with van der Waals surface area (Å²) in [5, 5.41) is 14.4. The van der Waals surface area contributed by atoms with Crippen LogP contribution in [0.1, 0.15) is 41.5 Å². The van der Waals surface area contributed by atoms with Crippen LogP contribution in [0.3, 0.4) is 0 Å². The number of fused-ring (bicyclic) bond motifs is 3. The van der Waals surface area contributed by atoms with Crippen LogP contribution in [0.5, 0.6) is 5.75 Å². The molecule has 3 heteroatoms. The lowest BCUT2D eigenvalue weighted by atomic mass is 9.80. The predicted octanol–water partition coefficient (Wildman–Crippen LogP) is 4.23. The SMILES string of the molecule is Oc1ccc2c(c1)C(c1ccccc1Cl)C1CCCNC21. The third kappa shape index (κ3) is 2.05. The molecule has 0 radical (unpaired) electrons. The number of benzene rings is 2. The zero-order chi connectivity index (χ0) is 14.4. The van der Waals surface area contributed by atoms with Gasteiger partial charge in [-0.25, -0.2) is 0 Å². The van der Waals surface area contributed by atoms with Crippen LogP contribution >= 0.6 is 11.6 Å². The smallest absolute Gasteiger partial charge is 0.115 e. The van der Waals surface area contributed by atoms with Crippen molar-refractivity contribution in [2.75, 3.05) is 6.54 Å². The van der Waals surface area contributed by atoms with Crippen LogP contribution in [0.2, 0.25) is 5.02 Å². The van der Waals surface area contributed by atoms with E-state index in [-0.39, 0.29) is 5.92 Å². The molecule has 2 nitrogen and oxygen atoms in total. The third-order valence-electron chi connectivity index (χ3n) is 4.92. The lowest BCUT2D eigenvalue weighted by Gasteiger charge is -2.31. The highest BCUT2D eigenvalue weighted by atomic mass is 35.5. The molecule has 4 rings (SSSR count). The first kappa shape index (κ1) is 13.2. The molecule has 1 fully saturated rings. The molecule has 21 heavy (non-hydrogen) atoms. The Morgan fingerprint density at radius 2 is 1.90 bits per heavy atom. The Morgan fingerprint density at radius 3 is 2.76 bits per heavy atom. The number of rotatable bonds is 1. The zero-order valence-electron chi connectivity index (χ0n) is 11.7. The fourth-order valence-electron chi connectivity index (χ4n) is 4.08. The molecule has 1 heterocycles. The third-order valence-corrected chi connectivity index (χ3v) is 5.26. The first-order chi connectivity index (χ1) is 10.3. The van der Waals surface area contributed by atoms with Crippen molar-refractivity contribution in [1.29, 1.82) is 0 Å². The Kier molecular flexibility index (Phi) is 3.16. The van der Waals surface area contributed by atoms with Crippen LogP contribution in [0.4, 0.5) is 0 Å². The van der Waals surface area contributed by atoms with Crippen LogP contribution in [-0.2, 0) is 0 Å². The normalized spacial score (nSPS) is 27.2. The summed E-state index contributed by atoms with van der Waals surface area (Å²) in [6, 6.07) is 14.3. The van der Waals surface area contributed by atoms with Crippen LogP contribution in [0.15, 0.2) is 42.5 Å². The summed E-state index contributed by atoms with van der Waals surface area (Å²) in [7, 11) is 0. The van der Waals surface area contributed by atoms with Gasteiger partial charge < -0.3 is 10.4 Å². The van der Waals surface area contributed by atoms with Gasteiger partial charge in [-0.05, 0) is 60.2 Å². The van der Waals surface area contributed by atoms with Gasteiger partial charge in [-0.1, -0.05) is 35.9 Å². The molecule has 0 aromatic heterocycles. The average molecular weight is 300 g/mol. The largest absolute Gasteiger partial charge is 0.508 e. The second-order valence-corrected chi connectivity index (χ2v) is 6.46. The van der Waals surface area contributed by atoms with E-state index in [1.165, 1.54) is 29.5 Å². The highest BCUT2D eigenvalue weighted by Gasteiger charge is 2.43. The second-order valence-electron chi connectivity index (χ2n) is 6.05. The van der Waals surface area contributed by atoms with Gasteiger partial charge in [0.2, 0.25) is 0 Å². The van der Waals surface area contributed by atoms with E-state index < -0.39 is 0 Å². The number of nitrogens with one attached hydrogen (secondary N) is 1. The molecule has 3 atom stereocenters. The van der Waals surface area contributed by atoms with Crippen LogP contribution in [0.25, 0.3) is 0 Å². The number of phenolic OH excluding ortho intramolecular Hbond substituents is 1. The number of halogens is 1. The first-order valence-corrected chi connectivity index (χ1v) is 7.94. The van der Waals surface area contributed by atoms with Crippen LogP contribution in [0, 0.1) is 5.92 Å². The van der Waals surface area contributed by atoms with E-state index in [9.17, 15) is 5.11 Å². The molecule has 0 amide bonds. The van der Waals surface area contributed by atoms with Crippen molar-refractivity contribution in [3.8, 4) is 5.75 Å². The number of hydrogen-bond donors (Lipinski definition) is 2. The minimum absolute atomic E-state index is 0.276. The lowest BCUT2D eigenvalue weighted by molar-refractivity contribution is 0.287. The standard InChI is InChI=1S/C18H18ClNO/c19-16-6-2-1-4-13(16)17-14-5-3-9-20-18(14)12-8-7-11(21)10-15(12)17/h1-2,4,6-8,10,14,17-18,20-21H,3,5,9H2. The molecule has 3 unspecified atom stereocenters. The van der Waals surface area contributed by atoms with Gasteiger partial charge in [0.05, 0.1) is 0 Å². The van der Waals surface area contributed by atoms with Gasteiger partial charge in [0, 0.05) is 17.0 Å². The number of hydrogen-bond acceptors (Lipinski definition) is 2. The van der Waals surface area contributed by atoms with Gasteiger partial charge in [-0.15, -0.1) is 0 Å². The molecule has 0 spiro atoms. The maximum Gasteiger partial charge on any atom is 0.115 e. The van der Waals surface area contributed by atoms with E-state index in [1.807, 2.05) is 24.3 Å². The zero-order valence-corrected chi connectivity index (χ0v) is 12.5. The molecule has 1 aliphatic carbocycles. The molecule has 108 valence electrons. The number of piperidine rings is 1. The molecule has 2 aliphatic rings. The quantitative estimate of drug-likeness (QED) is 0.826. The highest BCUT2D eigenvalue weighted by Crippen LogP contribution is 2.53. The molecule has 0 saturated carbocycles. The van der Waals surface area contributed by atoms with Crippen molar-refractivity contribution >= 4 is 11.6 Å². The van der Waals surface area contributed by atoms with Crippen molar-refractivity contribution in [3.05, 3.63) is 64.2 Å². The summed E-state index contributed by atoms with van der Waals surface area (Å²) in [6.07, 6.45) is 2.39. The number of phenols is 1. The van der Waals surface area contributed by atoms with Gasteiger partial charge in [-0.2, -0.15) is 0 Å². The van der Waals surface area contributed by atoms with Gasteiger partial charge in [-0.3, -0.25) is 0 Å². The van der Waals surface area contributed by atoms with Crippen molar-refractivity contribution in [3.63, 3.8) is 0 Å². The molecule has 2 N–H and O–H groups in total. The highest BCUT2D eigenvalue weighted by molar-refractivity contribution is 6.31. The molecular weight excluding hydrogens is 282 g/mol. The van der Waals surface area contributed by atoms with Gasteiger partial charge >= 0.3 is 0 Å². The van der Waals surface area contributed by atoms with Gasteiger partial charge in [0.1, 0.15) is 5.75 Å². The van der Waals surface area contributed by atoms with Crippen molar-refractivity contribution in [2.24, 2.45) is 5.92 Å². The lowest BCUT2D eigenvalue weighted by Crippen LogP contribution is -2.32. The van der Waals surface area contributed by atoms with Crippen LogP contribution < -0.4 is 5.32 Å². The molecule has 2 aromatic rings. The van der Waals surface area contributed by atoms with Crippen molar-refractivity contribution in [1.82, 2.24) is 5.32 Å². The van der Waals surface area contributed by atoms with Crippen molar-refractivity contribution in [2.45, 2.75) is 24.8 Å². The molecular formula is C18H18ClNO. The summed E-state index contributed by atoms with van der Waals surface area (Å²) in [6.45, 7) is 1.07. The Morgan fingerprint density at radius 1 is 1.05 bits per heavy atom. The van der Waals surface area contributed by atoms with E-state index >= 15 is 0 Å². The Bertz CT molecular complexity index is 685. The summed E-state index contributed by atoms with van der Waals surface area (Å²) in [5.74, 6) is 1.14. The predicted molar refractivity (Wildman–Crippen MR) is 84.9 cm³/mol. The molecule has 0 bridgehead atoms. The first-order valence-electron chi connectivity index (χ1n) is 7.56. The summed E-state index contributed by atoms with van der Waals surface area (Å²) in [4.78, 5) is 0. The Labute approximate surface area is 129 Å².